The molecule has 0 aliphatic heterocycles. The van der Waals surface area contributed by atoms with E-state index in [-0.39, 0.29) is 6.61 Å². The van der Waals surface area contributed by atoms with Gasteiger partial charge in [0, 0.05) is 18.1 Å². The summed E-state index contributed by atoms with van der Waals surface area (Å²) in [6.07, 6.45) is 7.66. The van der Waals surface area contributed by atoms with Crippen LogP contribution in [0.4, 0.5) is 0 Å². The van der Waals surface area contributed by atoms with Gasteiger partial charge in [-0.2, -0.15) is 4.98 Å². The molecular weight excluding hydrogens is 264 g/mol. The fraction of sp³-hybridized carbons (Fsp3) is 0.412. The van der Waals surface area contributed by atoms with Crippen LogP contribution >= 0.6 is 0 Å². The van der Waals surface area contributed by atoms with Gasteiger partial charge >= 0.3 is 0 Å². The van der Waals surface area contributed by atoms with Crippen LogP contribution in [0.15, 0.2) is 40.9 Å². The summed E-state index contributed by atoms with van der Waals surface area (Å²) < 4.78 is 5.50. The van der Waals surface area contributed by atoms with Crippen molar-refractivity contribution >= 4 is 0 Å². The Kier molecular flexibility index (Phi) is 3.11. The Morgan fingerprint density at radius 3 is 2.67 bits per heavy atom. The zero-order valence-electron chi connectivity index (χ0n) is 11.8. The highest BCUT2D eigenvalue weighted by molar-refractivity contribution is 5.54. The van der Waals surface area contributed by atoms with Gasteiger partial charge in [0.1, 0.15) is 0 Å². The molecule has 0 spiro atoms. The van der Waals surface area contributed by atoms with E-state index in [2.05, 4.69) is 22.3 Å². The molecule has 4 heteroatoms. The van der Waals surface area contributed by atoms with Crippen LogP contribution < -0.4 is 0 Å². The molecule has 0 unspecified atom stereocenters. The molecule has 0 radical (unpaired) electrons. The molecular formula is C17H18N2O2. The van der Waals surface area contributed by atoms with Gasteiger partial charge in [-0.3, -0.25) is 0 Å². The van der Waals surface area contributed by atoms with Crippen LogP contribution in [-0.2, 0) is 6.42 Å². The minimum absolute atomic E-state index is 0.170. The highest BCUT2D eigenvalue weighted by Crippen LogP contribution is 2.48. The number of rotatable bonds is 4. The zero-order valence-corrected chi connectivity index (χ0v) is 11.8. The Hall–Kier alpha value is -1.94. The summed E-state index contributed by atoms with van der Waals surface area (Å²) in [5.41, 5.74) is 2.08. The normalized spacial score (nSPS) is 26.6. The molecule has 0 amide bonds. The van der Waals surface area contributed by atoms with Crippen molar-refractivity contribution in [1.82, 2.24) is 10.1 Å². The summed E-state index contributed by atoms with van der Waals surface area (Å²) in [6, 6.07) is 7.98. The van der Waals surface area contributed by atoms with Crippen molar-refractivity contribution in [3.63, 3.8) is 0 Å². The third-order valence-electron chi connectivity index (χ3n) is 4.65. The van der Waals surface area contributed by atoms with Crippen molar-refractivity contribution in [3.05, 3.63) is 47.9 Å². The minimum atomic E-state index is 0.170. The van der Waals surface area contributed by atoms with Crippen molar-refractivity contribution < 1.29 is 9.63 Å². The Balaban J connectivity index is 1.55. The molecule has 0 saturated heterocycles. The fourth-order valence-electron chi connectivity index (χ4n) is 3.52. The number of aromatic nitrogens is 2. The van der Waals surface area contributed by atoms with Crippen LogP contribution in [0.2, 0.25) is 0 Å². The van der Waals surface area contributed by atoms with Crippen LogP contribution in [0.1, 0.15) is 30.2 Å². The molecule has 2 aliphatic carbocycles. The lowest BCUT2D eigenvalue weighted by molar-refractivity contribution is 0.299. The number of aliphatic hydroxyl groups is 1. The number of fused-ring (bicyclic) bond motifs is 2. The SMILES string of the molecule is OCCc1ccc(-c2noc([C@@H]3C[C@@H]4C=C[C@H]3C4)n2)cc1. The van der Waals surface area contributed by atoms with E-state index in [1.54, 1.807) is 0 Å². The van der Waals surface area contributed by atoms with E-state index in [0.29, 0.717) is 30.0 Å². The first-order chi connectivity index (χ1) is 10.3. The van der Waals surface area contributed by atoms with Gasteiger partial charge in [0.05, 0.1) is 0 Å². The number of allylic oxidation sites excluding steroid dienone is 2. The summed E-state index contributed by atoms with van der Waals surface area (Å²) in [6.45, 7) is 0.170. The van der Waals surface area contributed by atoms with Crippen LogP contribution in [-0.4, -0.2) is 21.9 Å². The Labute approximate surface area is 123 Å². The van der Waals surface area contributed by atoms with Gasteiger partial charge in [-0.15, -0.1) is 0 Å². The predicted molar refractivity (Wildman–Crippen MR) is 78.6 cm³/mol. The second-order valence-corrected chi connectivity index (χ2v) is 6.01. The van der Waals surface area contributed by atoms with Crippen LogP contribution in [0.25, 0.3) is 11.4 Å². The Morgan fingerprint density at radius 2 is 2.00 bits per heavy atom. The van der Waals surface area contributed by atoms with Crippen molar-refractivity contribution in [2.24, 2.45) is 11.8 Å². The maximum atomic E-state index is 8.94. The van der Waals surface area contributed by atoms with E-state index < -0.39 is 0 Å². The molecule has 2 aliphatic rings. The fourth-order valence-corrected chi connectivity index (χ4v) is 3.52. The standard InChI is InChI=1S/C17H18N2O2/c20-8-7-11-1-4-13(5-2-11)16-18-17(21-19-16)15-10-12-3-6-14(15)9-12/h1-6,12,14-15,20H,7-10H2/t12-,14+,15-/m1/s1. The second-order valence-electron chi connectivity index (χ2n) is 6.01. The molecule has 1 fully saturated rings. The molecule has 1 aromatic heterocycles. The van der Waals surface area contributed by atoms with E-state index in [0.717, 1.165) is 23.4 Å². The van der Waals surface area contributed by atoms with E-state index in [9.17, 15) is 0 Å². The topological polar surface area (TPSA) is 59.2 Å². The van der Waals surface area contributed by atoms with Crippen molar-refractivity contribution in [2.45, 2.75) is 25.2 Å². The lowest BCUT2D eigenvalue weighted by atomic mass is 9.94. The average molecular weight is 282 g/mol. The van der Waals surface area contributed by atoms with Gasteiger partial charge in [0.25, 0.3) is 0 Å². The number of hydrogen-bond acceptors (Lipinski definition) is 4. The summed E-state index contributed by atoms with van der Waals surface area (Å²) in [5.74, 6) is 3.12. The molecule has 2 aromatic rings. The van der Waals surface area contributed by atoms with Crippen LogP contribution in [0.3, 0.4) is 0 Å². The Bertz CT molecular complexity index is 660. The number of hydrogen-bond donors (Lipinski definition) is 1. The van der Waals surface area contributed by atoms with Gasteiger partial charge in [-0.1, -0.05) is 41.6 Å². The summed E-state index contributed by atoms with van der Waals surface area (Å²) >= 11 is 0. The van der Waals surface area contributed by atoms with Crippen molar-refractivity contribution in [1.29, 1.82) is 0 Å². The molecule has 108 valence electrons. The van der Waals surface area contributed by atoms with Gasteiger partial charge in [-0.05, 0) is 36.7 Å². The first-order valence-corrected chi connectivity index (χ1v) is 7.55. The maximum absolute atomic E-state index is 8.94. The summed E-state index contributed by atoms with van der Waals surface area (Å²) in [4.78, 5) is 4.60. The number of benzene rings is 1. The van der Waals surface area contributed by atoms with E-state index in [1.165, 1.54) is 6.42 Å². The van der Waals surface area contributed by atoms with E-state index >= 15 is 0 Å². The molecule has 4 nitrogen and oxygen atoms in total. The third-order valence-corrected chi connectivity index (χ3v) is 4.65. The Morgan fingerprint density at radius 1 is 1.14 bits per heavy atom. The highest BCUT2D eigenvalue weighted by atomic mass is 16.5. The van der Waals surface area contributed by atoms with Gasteiger partial charge in [0.2, 0.25) is 11.7 Å². The molecule has 1 N–H and O–H groups in total. The zero-order chi connectivity index (χ0) is 14.2. The van der Waals surface area contributed by atoms with Crippen molar-refractivity contribution in [3.8, 4) is 11.4 Å². The van der Waals surface area contributed by atoms with Gasteiger partial charge < -0.3 is 9.63 Å². The molecule has 1 heterocycles. The van der Waals surface area contributed by atoms with E-state index in [1.807, 2.05) is 24.3 Å². The molecule has 4 rings (SSSR count). The quantitative estimate of drug-likeness (QED) is 0.876. The average Bonchev–Trinajstić information content (AvgIpc) is 3.24. The van der Waals surface area contributed by atoms with Crippen molar-refractivity contribution in [2.75, 3.05) is 6.61 Å². The largest absolute Gasteiger partial charge is 0.396 e. The molecule has 3 atom stereocenters. The molecule has 2 bridgehead atoms. The number of aliphatic hydroxyl groups excluding tert-OH is 1. The predicted octanol–water partition coefficient (Wildman–Crippen LogP) is 2.95. The lowest BCUT2D eigenvalue weighted by Gasteiger charge is -2.12. The highest BCUT2D eigenvalue weighted by Gasteiger charge is 2.39. The number of nitrogens with zero attached hydrogens (tertiary/aromatic N) is 2. The summed E-state index contributed by atoms with van der Waals surface area (Å²) in [5, 5.41) is 13.1. The van der Waals surface area contributed by atoms with Crippen LogP contribution in [0.5, 0.6) is 0 Å². The monoisotopic (exact) mass is 282 g/mol. The third kappa shape index (κ3) is 2.29. The van der Waals surface area contributed by atoms with Gasteiger partial charge in [-0.25, -0.2) is 0 Å². The second kappa shape index (κ2) is 5.11. The summed E-state index contributed by atoms with van der Waals surface area (Å²) in [7, 11) is 0. The smallest absolute Gasteiger partial charge is 0.230 e. The van der Waals surface area contributed by atoms with Crippen LogP contribution in [0, 0.1) is 11.8 Å². The maximum Gasteiger partial charge on any atom is 0.230 e. The van der Waals surface area contributed by atoms with E-state index in [4.69, 9.17) is 9.63 Å². The molecule has 1 aromatic carbocycles. The lowest BCUT2D eigenvalue weighted by Crippen LogP contribution is -2.05. The molecule has 1 saturated carbocycles. The first-order valence-electron chi connectivity index (χ1n) is 7.55. The molecule has 21 heavy (non-hydrogen) atoms. The first kappa shape index (κ1) is 12.8. The minimum Gasteiger partial charge on any atom is -0.396 e. The van der Waals surface area contributed by atoms with Gasteiger partial charge in [0.15, 0.2) is 0 Å².